The SMILES string of the molecule is Cc1cc(Oc2ccc(C)nc2-c2cccc(C)n2)ccn1. The minimum atomic E-state index is 0.689. The Kier molecular flexibility index (Phi) is 3.83. The molecule has 4 nitrogen and oxygen atoms in total. The molecule has 0 aliphatic rings. The standard InChI is InChI=1S/C18H17N3O/c1-12-5-4-6-16(20-12)18-17(8-7-13(2)21-18)22-15-9-10-19-14(3)11-15/h4-11H,1-3H3. The van der Waals surface area contributed by atoms with E-state index in [0.29, 0.717) is 5.75 Å². The van der Waals surface area contributed by atoms with Crippen LogP contribution in [0, 0.1) is 20.8 Å². The third-order valence-corrected chi connectivity index (χ3v) is 3.22. The molecule has 0 N–H and O–H groups in total. The van der Waals surface area contributed by atoms with Crippen molar-refractivity contribution >= 4 is 0 Å². The van der Waals surface area contributed by atoms with Gasteiger partial charge >= 0.3 is 0 Å². The Morgan fingerprint density at radius 1 is 0.818 bits per heavy atom. The topological polar surface area (TPSA) is 47.9 Å². The molecule has 3 aromatic rings. The first-order valence-corrected chi connectivity index (χ1v) is 7.14. The lowest BCUT2D eigenvalue weighted by atomic mass is 10.2. The van der Waals surface area contributed by atoms with Crippen LogP contribution in [0.2, 0.25) is 0 Å². The average molecular weight is 291 g/mol. The van der Waals surface area contributed by atoms with E-state index in [1.807, 2.05) is 63.2 Å². The van der Waals surface area contributed by atoms with Crippen molar-refractivity contribution in [1.29, 1.82) is 0 Å². The van der Waals surface area contributed by atoms with Gasteiger partial charge in [0.15, 0.2) is 5.75 Å². The lowest BCUT2D eigenvalue weighted by molar-refractivity contribution is 0.480. The van der Waals surface area contributed by atoms with E-state index in [4.69, 9.17) is 4.74 Å². The van der Waals surface area contributed by atoms with Gasteiger partial charge < -0.3 is 4.74 Å². The lowest BCUT2D eigenvalue weighted by Gasteiger charge is -2.11. The van der Waals surface area contributed by atoms with Gasteiger partial charge in [-0.3, -0.25) is 9.97 Å². The number of aryl methyl sites for hydroxylation is 3. The van der Waals surface area contributed by atoms with E-state index in [-0.39, 0.29) is 0 Å². The molecular formula is C18H17N3O. The molecule has 0 aliphatic heterocycles. The molecule has 3 rings (SSSR count). The summed E-state index contributed by atoms with van der Waals surface area (Å²) in [5.74, 6) is 1.43. The van der Waals surface area contributed by atoms with E-state index in [1.54, 1.807) is 6.20 Å². The first kappa shape index (κ1) is 14.2. The summed E-state index contributed by atoms with van der Waals surface area (Å²) in [5, 5.41) is 0. The highest BCUT2D eigenvalue weighted by Crippen LogP contribution is 2.31. The van der Waals surface area contributed by atoms with Crippen molar-refractivity contribution in [3.8, 4) is 22.9 Å². The van der Waals surface area contributed by atoms with Crippen LogP contribution in [0.15, 0.2) is 48.7 Å². The van der Waals surface area contributed by atoms with E-state index in [2.05, 4.69) is 15.0 Å². The zero-order valence-corrected chi connectivity index (χ0v) is 12.9. The minimum absolute atomic E-state index is 0.689. The first-order chi connectivity index (χ1) is 10.6. The van der Waals surface area contributed by atoms with Gasteiger partial charge in [0.1, 0.15) is 11.4 Å². The van der Waals surface area contributed by atoms with Gasteiger partial charge in [0.2, 0.25) is 0 Å². The predicted molar refractivity (Wildman–Crippen MR) is 86.0 cm³/mol. The summed E-state index contributed by atoms with van der Waals surface area (Å²) in [6.45, 7) is 5.86. The molecule has 0 aromatic carbocycles. The van der Waals surface area contributed by atoms with E-state index < -0.39 is 0 Å². The van der Waals surface area contributed by atoms with Crippen LogP contribution in [-0.4, -0.2) is 15.0 Å². The predicted octanol–water partition coefficient (Wildman–Crippen LogP) is 4.26. The normalized spacial score (nSPS) is 10.5. The summed E-state index contributed by atoms with van der Waals surface area (Å²) in [4.78, 5) is 13.3. The first-order valence-electron chi connectivity index (χ1n) is 7.14. The number of nitrogens with zero attached hydrogens (tertiary/aromatic N) is 3. The van der Waals surface area contributed by atoms with Gasteiger partial charge in [-0.05, 0) is 51.1 Å². The molecule has 0 atom stereocenters. The second kappa shape index (κ2) is 5.93. The maximum Gasteiger partial charge on any atom is 0.155 e. The zero-order valence-electron chi connectivity index (χ0n) is 12.9. The van der Waals surface area contributed by atoms with Gasteiger partial charge in [-0.15, -0.1) is 0 Å². The largest absolute Gasteiger partial charge is 0.455 e. The average Bonchev–Trinajstić information content (AvgIpc) is 2.49. The number of hydrogen-bond donors (Lipinski definition) is 0. The van der Waals surface area contributed by atoms with Gasteiger partial charge in [-0.1, -0.05) is 6.07 Å². The molecule has 0 fully saturated rings. The molecule has 3 heterocycles. The molecule has 110 valence electrons. The van der Waals surface area contributed by atoms with Crippen LogP contribution < -0.4 is 4.74 Å². The lowest BCUT2D eigenvalue weighted by Crippen LogP contribution is -1.96. The van der Waals surface area contributed by atoms with Crippen LogP contribution in [0.1, 0.15) is 17.1 Å². The van der Waals surface area contributed by atoms with E-state index in [9.17, 15) is 0 Å². The highest BCUT2D eigenvalue weighted by Gasteiger charge is 2.11. The second-order valence-electron chi connectivity index (χ2n) is 5.20. The molecule has 22 heavy (non-hydrogen) atoms. The minimum Gasteiger partial charge on any atom is -0.455 e. The highest BCUT2D eigenvalue weighted by molar-refractivity contribution is 5.63. The third-order valence-electron chi connectivity index (χ3n) is 3.22. The monoisotopic (exact) mass is 291 g/mol. The fourth-order valence-corrected chi connectivity index (χ4v) is 2.19. The van der Waals surface area contributed by atoms with Crippen LogP contribution in [0.4, 0.5) is 0 Å². The summed E-state index contributed by atoms with van der Waals surface area (Å²) >= 11 is 0. The fraction of sp³-hybridized carbons (Fsp3) is 0.167. The Hall–Kier alpha value is -2.75. The van der Waals surface area contributed by atoms with E-state index in [0.717, 1.165) is 34.2 Å². The van der Waals surface area contributed by atoms with Crippen LogP contribution in [0.25, 0.3) is 11.4 Å². The fourth-order valence-electron chi connectivity index (χ4n) is 2.19. The number of hydrogen-bond acceptors (Lipinski definition) is 4. The number of aromatic nitrogens is 3. The van der Waals surface area contributed by atoms with Crippen molar-refractivity contribution in [2.75, 3.05) is 0 Å². The summed E-state index contributed by atoms with van der Waals surface area (Å²) in [6, 6.07) is 13.5. The molecule has 0 amide bonds. The molecule has 4 heteroatoms. The van der Waals surface area contributed by atoms with Gasteiger partial charge in [-0.2, -0.15) is 0 Å². The number of ether oxygens (including phenoxy) is 1. The molecule has 0 saturated heterocycles. The molecule has 0 aliphatic carbocycles. The molecule has 0 bridgehead atoms. The molecular weight excluding hydrogens is 274 g/mol. The Labute approximate surface area is 129 Å². The van der Waals surface area contributed by atoms with Crippen LogP contribution in [0.5, 0.6) is 11.5 Å². The maximum absolute atomic E-state index is 6.00. The van der Waals surface area contributed by atoms with Crippen molar-refractivity contribution in [3.63, 3.8) is 0 Å². The Morgan fingerprint density at radius 2 is 1.64 bits per heavy atom. The third kappa shape index (κ3) is 3.11. The summed E-state index contributed by atoms with van der Waals surface area (Å²) in [6.07, 6.45) is 1.73. The molecule has 0 unspecified atom stereocenters. The smallest absolute Gasteiger partial charge is 0.155 e. The summed E-state index contributed by atoms with van der Waals surface area (Å²) in [5.41, 5.74) is 4.35. The molecule has 0 spiro atoms. The molecule has 0 saturated carbocycles. The van der Waals surface area contributed by atoms with Crippen molar-refractivity contribution in [2.24, 2.45) is 0 Å². The van der Waals surface area contributed by atoms with Crippen LogP contribution in [0.3, 0.4) is 0 Å². The Balaban J connectivity index is 2.05. The Bertz CT molecular complexity index is 815. The zero-order chi connectivity index (χ0) is 15.5. The summed E-state index contributed by atoms with van der Waals surface area (Å²) in [7, 11) is 0. The summed E-state index contributed by atoms with van der Waals surface area (Å²) < 4.78 is 6.00. The number of rotatable bonds is 3. The molecule has 0 radical (unpaired) electrons. The van der Waals surface area contributed by atoms with Crippen molar-refractivity contribution in [3.05, 3.63) is 65.7 Å². The van der Waals surface area contributed by atoms with Gasteiger partial charge in [0.25, 0.3) is 0 Å². The van der Waals surface area contributed by atoms with Crippen LogP contribution in [-0.2, 0) is 0 Å². The van der Waals surface area contributed by atoms with Gasteiger partial charge in [0.05, 0.1) is 5.69 Å². The van der Waals surface area contributed by atoms with E-state index in [1.165, 1.54) is 0 Å². The van der Waals surface area contributed by atoms with Crippen LogP contribution >= 0.6 is 0 Å². The van der Waals surface area contributed by atoms with Crippen molar-refractivity contribution in [2.45, 2.75) is 20.8 Å². The van der Waals surface area contributed by atoms with E-state index >= 15 is 0 Å². The highest BCUT2D eigenvalue weighted by atomic mass is 16.5. The molecule has 3 aromatic heterocycles. The second-order valence-corrected chi connectivity index (χ2v) is 5.20. The van der Waals surface area contributed by atoms with Crippen molar-refractivity contribution < 1.29 is 4.74 Å². The quantitative estimate of drug-likeness (QED) is 0.723. The van der Waals surface area contributed by atoms with Gasteiger partial charge in [-0.25, -0.2) is 4.98 Å². The van der Waals surface area contributed by atoms with Crippen molar-refractivity contribution in [1.82, 2.24) is 15.0 Å². The Morgan fingerprint density at radius 3 is 2.41 bits per heavy atom. The van der Waals surface area contributed by atoms with Gasteiger partial charge in [0, 0.05) is 29.3 Å². The number of pyridine rings is 3. The maximum atomic E-state index is 6.00.